The molecule has 1 aromatic carbocycles. The summed E-state index contributed by atoms with van der Waals surface area (Å²) in [7, 11) is 1.68. The second-order valence-electron chi connectivity index (χ2n) is 5.38. The van der Waals surface area contributed by atoms with Crippen molar-refractivity contribution in [3.05, 3.63) is 35.4 Å². The van der Waals surface area contributed by atoms with Crippen LogP contribution in [0.2, 0.25) is 0 Å². The Morgan fingerprint density at radius 2 is 1.95 bits per heavy atom. The first kappa shape index (κ1) is 16.1. The Hall–Kier alpha value is -1.00. The van der Waals surface area contributed by atoms with E-state index in [9.17, 15) is 8.78 Å². The van der Waals surface area contributed by atoms with Gasteiger partial charge in [0.05, 0.1) is 5.60 Å². The zero-order valence-corrected chi connectivity index (χ0v) is 12.1. The topological polar surface area (TPSA) is 21.3 Å². The maximum absolute atomic E-state index is 13.2. The van der Waals surface area contributed by atoms with E-state index in [1.54, 1.807) is 13.2 Å². The predicted octanol–water partition coefficient (Wildman–Crippen LogP) is 3.30. The maximum atomic E-state index is 13.2. The van der Waals surface area contributed by atoms with Crippen molar-refractivity contribution in [1.82, 2.24) is 5.32 Å². The van der Waals surface area contributed by atoms with Gasteiger partial charge in [-0.1, -0.05) is 13.0 Å². The van der Waals surface area contributed by atoms with Crippen LogP contribution in [-0.4, -0.2) is 25.3 Å². The molecular weight excluding hydrogens is 248 g/mol. The predicted molar refractivity (Wildman–Crippen MR) is 73.2 cm³/mol. The SMILES string of the molecule is CCNC(Cc1ccc(F)c(F)c1)CC(C)(C)OC. The molecule has 0 aliphatic carbocycles. The van der Waals surface area contributed by atoms with Crippen LogP contribution in [-0.2, 0) is 11.2 Å². The van der Waals surface area contributed by atoms with Crippen molar-refractivity contribution in [3.8, 4) is 0 Å². The third-order valence-electron chi connectivity index (χ3n) is 3.25. The van der Waals surface area contributed by atoms with Crippen LogP contribution in [0.25, 0.3) is 0 Å². The molecular formula is C15H23F2NO. The summed E-state index contributed by atoms with van der Waals surface area (Å²) in [5, 5.41) is 3.36. The number of hydrogen-bond acceptors (Lipinski definition) is 2. The summed E-state index contributed by atoms with van der Waals surface area (Å²) in [6.45, 7) is 6.89. The minimum Gasteiger partial charge on any atom is -0.379 e. The Morgan fingerprint density at radius 3 is 2.47 bits per heavy atom. The first-order chi connectivity index (χ1) is 8.88. The van der Waals surface area contributed by atoms with E-state index in [0.29, 0.717) is 6.42 Å². The van der Waals surface area contributed by atoms with E-state index in [-0.39, 0.29) is 11.6 Å². The van der Waals surface area contributed by atoms with E-state index in [2.05, 4.69) is 5.32 Å². The number of rotatable bonds is 7. The third kappa shape index (κ3) is 5.25. The van der Waals surface area contributed by atoms with Gasteiger partial charge in [-0.15, -0.1) is 0 Å². The molecule has 4 heteroatoms. The van der Waals surface area contributed by atoms with E-state index in [1.165, 1.54) is 12.1 Å². The molecule has 0 bridgehead atoms. The largest absolute Gasteiger partial charge is 0.379 e. The summed E-state index contributed by atoms with van der Waals surface area (Å²) in [6.07, 6.45) is 1.45. The summed E-state index contributed by atoms with van der Waals surface area (Å²) >= 11 is 0. The van der Waals surface area contributed by atoms with Gasteiger partial charge in [0.1, 0.15) is 0 Å². The highest BCUT2D eigenvalue weighted by atomic mass is 19.2. The molecule has 0 aliphatic rings. The van der Waals surface area contributed by atoms with Crippen molar-refractivity contribution < 1.29 is 13.5 Å². The van der Waals surface area contributed by atoms with Gasteiger partial charge in [-0.25, -0.2) is 8.78 Å². The van der Waals surface area contributed by atoms with Crippen molar-refractivity contribution >= 4 is 0 Å². The normalized spacial score (nSPS) is 13.6. The lowest BCUT2D eigenvalue weighted by Gasteiger charge is -2.29. The molecule has 2 nitrogen and oxygen atoms in total. The van der Waals surface area contributed by atoms with E-state index in [4.69, 9.17) is 4.74 Å². The Kier molecular flexibility index (Phi) is 5.88. The fraction of sp³-hybridized carbons (Fsp3) is 0.600. The zero-order valence-electron chi connectivity index (χ0n) is 12.1. The van der Waals surface area contributed by atoms with Crippen LogP contribution in [0.15, 0.2) is 18.2 Å². The number of methoxy groups -OCH3 is 1. The molecule has 0 fully saturated rings. The molecule has 0 aliphatic heterocycles. The molecule has 1 aromatic rings. The molecule has 0 saturated heterocycles. The van der Waals surface area contributed by atoms with Crippen LogP contribution in [0.4, 0.5) is 8.78 Å². The van der Waals surface area contributed by atoms with Crippen molar-refractivity contribution in [1.29, 1.82) is 0 Å². The van der Waals surface area contributed by atoms with Crippen LogP contribution in [0.5, 0.6) is 0 Å². The van der Waals surface area contributed by atoms with E-state index >= 15 is 0 Å². The highest BCUT2D eigenvalue weighted by Crippen LogP contribution is 2.19. The van der Waals surface area contributed by atoms with Crippen molar-refractivity contribution in [3.63, 3.8) is 0 Å². The number of ether oxygens (including phenoxy) is 1. The molecule has 0 aromatic heterocycles. The van der Waals surface area contributed by atoms with Gasteiger partial charge in [0, 0.05) is 13.2 Å². The molecule has 1 rings (SSSR count). The molecule has 19 heavy (non-hydrogen) atoms. The monoisotopic (exact) mass is 271 g/mol. The molecule has 1 atom stereocenters. The first-order valence-electron chi connectivity index (χ1n) is 6.60. The molecule has 0 amide bonds. The number of halogens is 2. The Morgan fingerprint density at radius 1 is 1.26 bits per heavy atom. The van der Waals surface area contributed by atoms with Gasteiger partial charge < -0.3 is 10.1 Å². The quantitative estimate of drug-likeness (QED) is 0.821. The van der Waals surface area contributed by atoms with Gasteiger partial charge in [0.15, 0.2) is 11.6 Å². The van der Waals surface area contributed by atoms with Crippen LogP contribution in [0, 0.1) is 11.6 Å². The fourth-order valence-corrected chi connectivity index (χ4v) is 2.13. The summed E-state index contributed by atoms with van der Waals surface area (Å²) in [6, 6.07) is 4.24. The van der Waals surface area contributed by atoms with Gasteiger partial charge in [0.25, 0.3) is 0 Å². The molecule has 1 unspecified atom stereocenters. The lowest BCUT2D eigenvalue weighted by Crippen LogP contribution is -2.39. The molecule has 0 heterocycles. The third-order valence-corrected chi connectivity index (χ3v) is 3.25. The smallest absolute Gasteiger partial charge is 0.159 e. The fourth-order valence-electron chi connectivity index (χ4n) is 2.13. The van der Waals surface area contributed by atoms with Crippen molar-refractivity contribution in [2.75, 3.05) is 13.7 Å². The van der Waals surface area contributed by atoms with Gasteiger partial charge in [-0.3, -0.25) is 0 Å². The minimum atomic E-state index is -0.805. The maximum Gasteiger partial charge on any atom is 0.159 e. The Balaban J connectivity index is 2.74. The molecule has 0 spiro atoms. The lowest BCUT2D eigenvalue weighted by molar-refractivity contribution is 0.00726. The number of likely N-dealkylation sites (N-methyl/N-ethyl adjacent to an activating group) is 1. The summed E-state index contributed by atoms with van der Waals surface area (Å²) in [4.78, 5) is 0. The van der Waals surface area contributed by atoms with Gasteiger partial charge in [-0.05, 0) is 50.9 Å². The standard InChI is InChI=1S/C15H23F2NO/c1-5-18-12(10-15(2,3)19-4)8-11-6-7-13(16)14(17)9-11/h6-7,9,12,18H,5,8,10H2,1-4H3. The molecule has 108 valence electrons. The average molecular weight is 271 g/mol. The van der Waals surface area contributed by atoms with Crippen molar-refractivity contribution in [2.24, 2.45) is 0 Å². The summed E-state index contributed by atoms with van der Waals surface area (Å²) in [5.74, 6) is -1.60. The number of nitrogens with one attached hydrogen (secondary N) is 1. The van der Waals surface area contributed by atoms with Crippen LogP contribution < -0.4 is 5.32 Å². The Bertz CT molecular complexity index is 407. The second-order valence-corrected chi connectivity index (χ2v) is 5.38. The van der Waals surface area contributed by atoms with E-state index in [1.807, 2.05) is 20.8 Å². The number of hydrogen-bond donors (Lipinski definition) is 1. The number of benzene rings is 1. The summed E-state index contributed by atoms with van der Waals surface area (Å²) in [5.41, 5.74) is 0.544. The van der Waals surface area contributed by atoms with Crippen LogP contribution in [0.3, 0.4) is 0 Å². The van der Waals surface area contributed by atoms with E-state index < -0.39 is 11.6 Å². The Labute approximate surface area is 114 Å². The van der Waals surface area contributed by atoms with Crippen LogP contribution >= 0.6 is 0 Å². The van der Waals surface area contributed by atoms with Gasteiger partial charge in [-0.2, -0.15) is 0 Å². The highest BCUT2D eigenvalue weighted by Gasteiger charge is 2.22. The van der Waals surface area contributed by atoms with Crippen LogP contribution in [0.1, 0.15) is 32.8 Å². The van der Waals surface area contributed by atoms with Crippen molar-refractivity contribution in [2.45, 2.75) is 45.3 Å². The molecule has 0 radical (unpaired) electrons. The summed E-state index contributed by atoms with van der Waals surface area (Å²) < 4.78 is 31.5. The molecule has 0 saturated carbocycles. The van der Waals surface area contributed by atoms with Gasteiger partial charge >= 0.3 is 0 Å². The van der Waals surface area contributed by atoms with Gasteiger partial charge in [0.2, 0.25) is 0 Å². The van der Waals surface area contributed by atoms with E-state index in [0.717, 1.165) is 18.5 Å². The first-order valence-corrected chi connectivity index (χ1v) is 6.60. The zero-order chi connectivity index (χ0) is 14.5. The highest BCUT2D eigenvalue weighted by molar-refractivity contribution is 5.19. The lowest BCUT2D eigenvalue weighted by atomic mass is 9.94. The average Bonchev–Trinajstić information content (AvgIpc) is 2.34. The minimum absolute atomic E-state index is 0.171. The second kappa shape index (κ2) is 6.96. The molecule has 1 N–H and O–H groups in total.